The molecule has 0 saturated carbocycles. The van der Waals surface area contributed by atoms with Crippen LogP contribution in [0.2, 0.25) is 0 Å². The van der Waals surface area contributed by atoms with Crippen molar-refractivity contribution in [2.75, 3.05) is 4.90 Å². The molecule has 2 nitrogen and oxygen atoms in total. The number of para-hydroxylation sites is 1. The second-order valence-electron chi connectivity index (χ2n) is 20.4. The number of nitrogens with zero attached hydrogens (tertiary/aromatic N) is 2. The first kappa shape index (κ1) is 40.9. The first-order chi connectivity index (χ1) is 35.5. The number of rotatable bonds is 6. The molecule has 1 heterocycles. The third kappa shape index (κ3) is 5.61. The van der Waals surface area contributed by atoms with Crippen LogP contribution in [-0.2, 0) is 10.8 Å². The summed E-state index contributed by atoms with van der Waals surface area (Å²) in [5.74, 6) is 0. The Bertz CT molecular complexity index is 4160. The number of aromatic nitrogens is 1. The minimum atomic E-state index is -0.511. The molecule has 0 fully saturated rings. The molecule has 0 aliphatic heterocycles. The van der Waals surface area contributed by atoms with Crippen molar-refractivity contribution in [3.63, 3.8) is 0 Å². The molecule has 0 radical (unpaired) electrons. The van der Waals surface area contributed by atoms with Crippen LogP contribution in [0, 0.1) is 0 Å². The molecule has 72 heavy (non-hydrogen) atoms. The van der Waals surface area contributed by atoms with Gasteiger partial charge < -0.3 is 9.47 Å². The Hall–Kier alpha value is -8.98. The van der Waals surface area contributed by atoms with Gasteiger partial charge in [0.2, 0.25) is 0 Å². The smallest absolute Gasteiger partial charge is 0.0726 e. The largest absolute Gasteiger partial charge is 0.310 e. The van der Waals surface area contributed by atoms with E-state index in [9.17, 15) is 0 Å². The normalized spacial score (nSPS) is 15.2. The molecule has 2 heteroatoms. The second kappa shape index (κ2) is 15.3. The fraction of sp³-hybridized carbons (Fsp3) is 0.0571. The zero-order valence-electron chi connectivity index (χ0n) is 40.1. The number of fused-ring (bicyclic) bond motifs is 17. The van der Waals surface area contributed by atoms with E-state index < -0.39 is 5.41 Å². The molecular formula is C70H48N2. The molecular weight excluding hydrogens is 869 g/mol. The summed E-state index contributed by atoms with van der Waals surface area (Å²) in [6, 6.07) is 95.1. The monoisotopic (exact) mass is 916 g/mol. The van der Waals surface area contributed by atoms with Crippen molar-refractivity contribution in [1.82, 2.24) is 4.57 Å². The third-order valence-corrected chi connectivity index (χ3v) is 16.4. The van der Waals surface area contributed by atoms with Crippen LogP contribution in [0.5, 0.6) is 0 Å². The molecule has 0 bridgehead atoms. The van der Waals surface area contributed by atoms with E-state index in [2.05, 4.69) is 278 Å². The van der Waals surface area contributed by atoms with Crippen molar-refractivity contribution in [1.29, 1.82) is 0 Å². The molecule has 15 rings (SSSR count). The Balaban J connectivity index is 0.967. The molecule has 0 amide bonds. The Labute approximate surface area is 420 Å². The summed E-state index contributed by atoms with van der Waals surface area (Å²) in [5.41, 5.74) is 27.3. The predicted molar refractivity (Wildman–Crippen MR) is 300 cm³/mol. The lowest BCUT2D eigenvalue weighted by Crippen LogP contribution is -2.26. The fourth-order valence-electron chi connectivity index (χ4n) is 13.2. The van der Waals surface area contributed by atoms with Crippen LogP contribution >= 0.6 is 0 Å². The molecule has 1 unspecified atom stereocenters. The summed E-state index contributed by atoms with van der Waals surface area (Å²) in [4.78, 5) is 2.39. The van der Waals surface area contributed by atoms with Gasteiger partial charge in [-0.25, -0.2) is 0 Å². The SMILES string of the molecule is CC1(C)c2ccccc2-c2c1ccc1c2-c2ccccc2C12c1ccccc1-c1ccc(-n3c4ccc(-c5ccccc5)cc4c4cc(N(c5ccccc5)c5ccc(-c6ccccc6)cc5)ccc43)cc12. The van der Waals surface area contributed by atoms with Crippen LogP contribution in [0.3, 0.4) is 0 Å². The van der Waals surface area contributed by atoms with Gasteiger partial charge in [-0.1, -0.05) is 202 Å². The van der Waals surface area contributed by atoms with Gasteiger partial charge in [-0.2, -0.15) is 0 Å². The highest BCUT2D eigenvalue weighted by Crippen LogP contribution is 2.66. The Morgan fingerprint density at radius 2 is 0.778 bits per heavy atom. The minimum Gasteiger partial charge on any atom is -0.310 e. The van der Waals surface area contributed by atoms with Gasteiger partial charge in [0.05, 0.1) is 16.4 Å². The summed E-state index contributed by atoms with van der Waals surface area (Å²) in [7, 11) is 0. The van der Waals surface area contributed by atoms with Gasteiger partial charge in [0.25, 0.3) is 0 Å². The van der Waals surface area contributed by atoms with E-state index in [1.54, 1.807) is 0 Å². The van der Waals surface area contributed by atoms with Crippen molar-refractivity contribution in [2.24, 2.45) is 0 Å². The highest BCUT2D eigenvalue weighted by atomic mass is 15.1. The molecule has 1 aromatic heterocycles. The van der Waals surface area contributed by atoms with Crippen molar-refractivity contribution >= 4 is 38.9 Å². The van der Waals surface area contributed by atoms with Crippen molar-refractivity contribution in [2.45, 2.75) is 24.7 Å². The van der Waals surface area contributed by atoms with E-state index in [0.29, 0.717) is 0 Å². The van der Waals surface area contributed by atoms with E-state index in [1.807, 2.05) is 0 Å². The van der Waals surface area contributed by atoms with Gasteiger partial charge in [-0.3, -0.25) is 0 Å². The van der Waals surface area contributed by atoms with Gasteiger partial charge in [0.15, 0.2) is 0 Å². The highest BCUT2D eigenvalue weighted by molar-refractivity contribution is 6.12. The average Bonchev–Trinajstić information content (AvgIpc) is 4.12. The molecule has 3 aliphatic rings. The van der Waals surface area contributed by atoms with Gasteiger partial charge in [0.1, 0.15) is 0 Å². The lowest BCUT2D eigenvalue weighted by atomic mass is 9.70. The van der Waals surface area contributed by atoms with Crippen LogP contribution < -0.4 is 4.90 Å². The topological polar surface area (TPSA) is 8.17 Å². The van der Waals surface area contributed by atoms with Crippen LogP contribution in [-0.4, -0.2) is 4.57 Å². The van der Waals surface area contributed by atoms with Crippen molar-refractivity contribution < 1.29 is 0 Å². The lowest BCUT2D eigenvalue weighted by molar-refractivity contribution is 0.660. The van der Waals surface area contributed by atoms with Gasteiger partial charge in [-0.05, 0) is 156 Å². The molecule has 1 spiro atoms. The molecule has 0 saturated heterocycles. The summed E-state index contributed by atoms with van der Waals surface area (Å²) >= 11 is 0. The fourth-order valence-corrected chi connectivity index (χ4v) is 13.2. The average molecular weight is 917 g/mol. The second-order valence-corrected chi connectivity index (χ2v) is 20.4. The quantitative estimate of drug-likeness (QED) is 0.161. The summed E-state index contributed by atoms with van der Waals surface area (Å²) in [6.07, 6.45) is 0. The van der Waals surface area contributed by atoms with Gasteiger partial charge in [0, 0.05) is 38.9 Å². The van der Waals surface area contributed by atoms with E-state index >= 15 is 0 Å². The molecule has 3 aliphatic carbocycles. The maximum Gasteiger partial charge on any atom is 0.0726 e. The first-order valence-electron chi connectivity index (χ1n) is 25.3. The Kier molecular flexibility index (Phi) is 8.66. The van der Waals surface area contributed by atoms with E-state index in [4.69, 9.17) is 0 Å². The molecule has 0 N–H and O–H groups in total. The third-order valence-electron chi connectivity index (χ3n) is 16.4. The van der Waals surface area contributed by atoms with Crippen LogP contribution in [0.1, 0.15) is 47.2 Å². The Morgan fingerprint density at radius 3 is 1.49 bits per heavy atom. The standard InChI is InChI=1S/C70H48N2/c1-69(2)59-27-15-13-25-55(59)67-62(69)38-39-63-68(67)56-26-14-17-29-61(56)70(63)60-28-16-12-24-53(60)54-37-35-52(44-64(54)70)72-65-40-32-48(46-20-8-4-9-21-46)42-57(65)58-43-51(36-41-66(58)72)71(49-22-10-5-11-23-49)50-33-30-47(31-34-50)45-18-6-3-7-19-45/h3-44H,1-2H3. The van der Waals surface area contributed by atoms with Crippen LogP contribution in [0.15, 0.2) is 255 Å². The van der Waals surface area contributed by atoms with Gasteiger partial charge in [-0.15, -0.1) is 0 Å². The minimum absolute atomic E-state index is 0.105. The van der Waals surface area contributed by atoms with Crippen molar-refractivity contribution in [3.05, 3.63) is 288 Å². The van der Waals surface area contributed by atoms with Crippen LogP contribution in [0.4, 0.5) is 17.1 Å². The molecule has 1 atom stereocenters. The number of hydrogen-bond acceptors (Lipinski definition) is 1. The molecule has 12 aromatic rings. The maximum absolute atomic E-state index is 2.54. The summed E-state index contributed by atoms with van der Waals surface area (Å²) < 4.78 is 2.52. The first-order valence-corrected chi connectivity index (χ1v) is 25.3. The summed E-state index contributed by atoms with van der Waals surface area (Å²) in [6.45, 7) is 4.79. The zero-order valence-corrected chi connectivity index (χ0v) is 40.1. The lowest BCUT2D eigenvalue weighted by Gasteiger charge is -2.31. The molecule has 11 aromatic carbocycles. The van der Waals surface area contributed by atoms with Gasteiger partial charge >= 0.3 is 0 Å². The molecule has 338 valence electrons. The van der Waals surface area contributed by atoms with E-state index in [-0.39, 0.29) is 5.41 Å². The maximum atomic E-state index is 2.54. The number of hydrogen-bond donors (Lipinski definition) is 0. The number of benzene rings is 11. The predicted octanol–water partition coefficient (Wildman–Crippen LogP) is 18.2. The van der Waals surface area contributed by atoms with E-state index in [1.165, 1.54) is 111 Å². The summed E-state index contributed by atoms with van der Waals surface area (Å²) in [5, 5.41) is 2.42. The van der Waals surface area contributed by atoms with Crippen molar-refractivity contribution in [3.8, 4) is 61.3 Å². The number of anilines is 3. The van der Waals surface area contributed by atoms with Crippen LogP contribution in [0.25, 0.3) is 83.1 Å². The highest BCUT2D eigenvalue weighted by Gasteiger charge is 2.53. The Morgan fingerprint density at radius 1 is 0.306 bits per heavy atom. The van der Waals surface area contributed by atoms with E-state index in [0.717, 1.165) is 22.7 Å². The zero-order chi connectivity index (χ0) is 47.7.